The maximum atomic E-state index is 5.48. The van der Waals surface area contributed by atoms with E-state index in [9.17, 15) is 0 Å². The number of allylic oxidation sites excluding steroid dienone is 2. The van der Waals surface area contributed by atoms with Gasteiger partial charge < -0.3 is 4.74 Å². The second-order valence-corrected chi connectivity index (χ2v) is 9.62. The molecule has 0 N–H and O–H groups in total. The smallest absolute Gasteiger partial charge is 0.119 e. The highest BCUT2D eigenvalue weighted by atomic mass is 16.5. The predicted molar refractivity (Wildman–Crippen MR) is 129 cm³/mol. The maximum absolute atomic E-state index is 5.48. The molecule has 164 valence electrons. The van der Waals surface area contributed by atoms with Gasteiger partial charge in [-0.05, 0) is 86.6 Å². The van der Waals surface area contributed by atoms with E-state index in [1.54, 1.807) is 0 Å². The van der Waals surface area contributed by atoms with Gasteiger partial charge in [0.15, 0.2) is 0 Å². The van der Waals surface area contributed by atoms with Crippen molar-refractivity contribution in [2.75, 3.05) is 6.61 Å². The molecule has 0 atom stereocenters. The molecule has 1 aromatic carbocycles. The summed E-state index contributed by atoms with van der Waals surface area (Å²) >= 11 is 0. The van der Waals surface area contributed by atoms with E-state index < -0.39 is 0 Å². The van der Waals surface area contributed by atoms with Gasteiger partial charge in [0.2, 0.25) is 0 Å². The second kappa shape index (κ2) is 12.9. The molecule has 0 unspecified atom stereocenters. The summed E-state index contributed by atoms with van der Waals surface area (Å²) in [5, 5.41) is 0. The molecule has 2 aliphatic carbocycles. The van der Waals surface area contributed by atoms with E-state index in [0.29, 0.717) is 6.61 Å². The van der Waals surface area contributed by atoms with Crippen molar-refractivity contribution in [2.24, 2.45) is 23.7 Å². The van der Waals surface area contributed by atoms with Gasteiger partial charge in [-0.3, -0.25) is 0 Å². The Bertz CT molecular complexity index is 673. The van der Waals surface area contributed by atoms with Crippen LogP contribution in [0.5, 0.6) is 5.75 Å². The average molecular weight is 407 g/mol. The summed E-state index contributed by atoms with van der Waals surface area (Å²) in [7, 11) is 0. The van der Waals surface area contributed by atoms with Crippen LogP contribution in [0.4, 0.5) is 0 Å². The molecule has 1 nitrogen and oxygen atoms in total. The first-order chi connectivity index (χ1) is 14.8. The molecule has 3 rings (SSSR count). The monoisotopic (exact) mass is 406 g/mol. The van der Waals surface area contributed by atoms with Gasteiger partial charge in [0.25, 0.3) is 0 Å². The molecule has 1 heteroatoms. The van der Waals surface area contributed by atoms with Gasteiger partial charge in [0.1, 0.15) is 5.75 Å². The van der Waals surface area contributed by atoms with Crippen LogP contribution in [0.25, 0.3) is 0 Å². The fourth-order valence-electron chi connectivity index (χ4n) is 5.47. The van der Waals surface area contributed by atoms with Crippen LogP contribution >= 0.6 is 0 Å². The summed E-state index contributed by atoms with van der Waals surface area (Å²) in [6.45, 7) is 5.05. The number of benzene rings is 1. The molecule has 0 radical (unpaired) electrons. The van der Waals surface area contributed by atoms with Crippen LogP contribution in [0.15, 0.2) is 36.4 Å². The van der Waals surface area contributed by atoms with Crippen molar-refractivity contribution < 1.29 is 4.74 Å². The topological polar surface area (TPSA) is 9.23 Å². The summed E-state index contributed by atoms with van der Waals surface area (Å²) in [5.41, 5.74) is 1.05. The highest BCUT2D eigenvalue weighted by Crippen LogP contribution is 2.37. The molecule has 2 saturated carbocycles. The van der Waals surface area contributed by atoms with Crippen molar-refractivity contribution in [1.29, 1.82) is 0 Å². The quantitative estimate of drug-likeness (QED) is 0.395. The average Bonchev–Trinajstić information content (AvgIpc) is 2.78. The third-order valence-corrected chi connectivity index (χ3v) is 7.37. The first-order valence-electron chi connectivity index (χ1n) is 12.7. The van der Waals surface area contributed by atoms with Crippen molar-refractivity contribution >= 4 is 0 Å². The molecular weight excluding hydrogens is 364 g/mol. The first-order valence-corrected chi connectivity index (χ1v) is 12.7. The van der Waals surface area contributed by atoms with Crippen LogP contribution in [0, 0.1) is 35.5 Å². The van der Waals surface area contributed by atoms with Gasteiger partial charge >= 0.3 is 0 Å². The highest BCUT2D eigenvalue weighted by Gasteiger charge is 2.23. The van der Waals surface area contributed by atoms with E-state index in [1.165, 1.54) is 77.0 Å². The van der Waals surface area contributed by atoms with Crippen LogP contribution in [-0.4, -0.2) is 6.61 Å². The third-order valence-electron chi connectivity index (χ3n) is 7.37. The minimum Gasteiger partial charge on any atom is -0.494 e. The molecule has 0 saturated heterocycles. The molecule has 0 spiro atoms. The Balaban J connectivity index is 1.31. The Morgan fingerprint density at radius 3 is 1.93 bits per heavy atom. The normalized spacial score (nSPS) is 26.9. The van der Waals surface area contributed by atoms with Gasteiger partial charge in [0, 0.05) is 5.56 Å². The lowest BCUT2D eigenvalue weighted by atomic mass is 9.75. The Morgan fingerprint density at radius 2 is 1.37 bits per heavy atom. The number of hydrogen-bond acceptors (Lipinski definition) is 1. The number of ether oxygens (including phenoxy) is 1. The van der Waals surface area contributed by atoms with E-state index in [2.05, 4.69) is 30.9 Å². The van der Waals surface area contributed by atoms with Crippen molar-refractivity contribution in [3.63, 3.8) is 0 Å². The Labute approximate surface area is 185 Å². The summed E-state index contributed by atoms with van der Waals surface area (Å²) in [6.07, 6.45) is 21.9. The van der Waals surface area contributed by atoms with Crippen molar-refractivity contribution in [2.45, 2.75) is 90.9 Å². The molecule has 0 bridgehead atoms. The van der Waals surface area contributed by atoms with E-state index in [-0.39, 0.29) is 0 Å². The van der Waals surface area contributed by atoms with Crippen LogP contribution in [0.2, 0.25) is 0 Å². The van der Waals surface area contributed by atoms with Gasteiger partial charge in [-0.25, -0.2) is 0 Å². The van der Waals surface area contributed by atoms with Gasteiger partial charge in [-0.2, -0.15) is 0 Å². The van der Waals surface area contributed by atoms with E-state index in [0.717, 1.165) is 35.0 Å². The van der Waals surface area contributed by atoms with Crippen LogP contribution in [-0.2, 0) is 0 Å². The fraction of sp³-hybridized carbons (Fsp3) is 0.655. The summed E-state index contributed by atoms with van der Waals surface area (Å²) in [6, 6.07) is 8.06. The predicted octanol–water partition coefficient (Wildman–Crippen LogP) is 8.19. The molecule has 0 aliphatic heterocycles. The van der Waals surface area contributed by atoms with Crippen LogP contribution in [0.3, 0.4) is 0 Å². The fourth-order valence-corrected chi connectivity index (χ4v) is 5.47. The number of hydrogen-bond donors (Lipinski definition) is 0. The van der Waals surface area contributed by atoms with E-state index >= 15 is 0 Å². The van der Waals surface area contributed by atoms with Crippen molar-refractivity contribution in [3.05, 3.63) is 42.0 Å². The third kappa shape index (κ3) is 7.86. The molecule has 30 heavy (non-hydrogen) atoms. The lowest BCUT2D eigenvalue weighted by molar-refractivity contribution is 0.221. The first kappa shape index (κ1) is 23.0. The second-order valence-electron chi connectivity index (χ2n) is 9.62. The summed E-state index contributed by atoms with van der Waals surface area (Å²) in [4.78, 5) is 0. The molecule has 2 aliphatic rings. The minimum absolute atomic E-state index is 0.704. The zero-order valence-electron chi connectivity index (χ0n) is 19.4. The molecular formula is C29H42O. The molecule has 0 amide bonds. The Hall–Kier alpha value is -1.68. The summed E-state index contributed by atoms with van der Waals surface area (Å²) in [5.74, 6) is 11.2. The van der Waals surface area contributed by atoms with Crippen LogP contribution < -0.4 is 4.74 Å². The minimum atomic E-state index is 0.704. The van der Waals surface area contributed by atoms with E-state index in [1.807, 2.05) is 31.2 Å². The maximum Gasteiger partial charge on any atom is 0.119 e. The molecule has 0 aromatic heterocycles. The van der Waals surface area contributed by atoms with Crippen molar-refractivity contribution in [3.8, 4) is 17.6 Å². The van der Waals surface area contributed by atoms with Gasteiger partial charge in [-0.1, -0.05) is 76.2 Å². The lowest BCUT2D eigenvalue weighted by Crippen LogP contribution is -2.17. The van der Waals surface area contributed by atoms with Gasteiger partial charge in [-0.15, -0.1) is 0 Å². The lowest BCUT2D eigenvalue weighted by Gasteiger charge is -2.31. The summed E-state index contributed by atoms with van der Waals surface area (Å²) < 4.78 is 5.48. The Kier molecular flexibility index (Phi) is 9.88. The van der Waals surface area contributed by atoms with Crippen molar-refractivity contribution in [1.82, 2.24) is 0 Å². The Morgan fingerprint density at radius 1 is 0.800 bits per heavy atom. The zero-order valence-corrected chi connectivity index (χ0v) is 19.4. The number of rotatable bonds is 8. The van der Waals surface area contributed by atoms with Crippen LogP contribution in [0.1, 0.15) is 96.5 Å². The van der Waals surface area contributed by atoms with E-state index in [4.69, 9.17) is 4.74 Å². The molecule has 2 fully saturated rings. The zero-order chi connectivity index (χ0) is 21.0. The highest BCUT2D eigenvalue weighted by molar-refractivity contribution is 5.40. The molecule has 1 aromatic rings. The largest absolute Gasteiger partial charge is 0.494 e. The van der Waals surface area contributed by atoms with Gasteiger partial charge in [0.05, 0.1) is 6.61 Å². The molecule has 0 heterocycles. The standard InChI is InChI=1S/C29H42O/c1-3-7-24-10-14-27(15-11-24)18-19-28-16-12-25(13-17-28)8-5-6-9-26-20-22-29(23-21-26)30-4-2/h5,8,20-25,27-28H,3-4,7,10-19H2,1-2H3/t24-,25-,27-,28-. The SMILES string of the molecule is CCC[C@H]1CC[C@H](CC[C@H]2CC[C@H](C=CC#Cc3ccc(OCC)cc3)CC2)CC1.